The summed E-state index contributed by atoms with van der Waals surface area (Å²) in [5, 5.41) is 16.1. The van der Waals surface area contributed by atoms with Crippen molar-refractivity contribution in [2.45, 2.75) is 25.4 Å². The van der Waals surface area contributed by atoms with Crippen molar-refractivity contribution in [3.8, 4) is 0 Å². The molecule has 0 aromatic carbocycles. The summed E-state index contributed by atoms with van der Waals surface area (Å²) in [4.78, 5) is 0. The molecule has 19 heavy (non-hydrogen) atoms. The van der Waals surface area contributed by atoms with Gasteiger partial charge in [0.05, 0.1) is 30.3 Å². The maximum atomic E-state index is 9.19. The number of nitrogens with zero attached hydrogens (tertiary/aromatic N) is 1. The van der Waals surface area contributed by atoms with Crippen LogP contribution in [0.25, 0.3) is 0 Å². The van der Waals surface area contributed by atoms with Gasteiger partial charge < -0.3 is 14.0 Å². The second-order valence-electron chi connectivity index (χ2n) is 4.81. The summed E-state index contributed by atoms with van der Waals surface area (Å²) < 4.78 is 10.9. The van der Waals surface area contributed by atoms with E-state index in [0.717, 1.165) is 17.2 Å². The molecule has 0 radical (unpaired) electrons. The first-order chi connectivity index (χ1) is 9.29. The van der Waals surface area contributed by atoms with E-state index >= 15 is 0 Å². The van der Waals surface area contributed by atoms with Gasteiger partial charge in [0.1, 0.15) is 11.5 Å². The second-order valence-corrected chi connectivity index (χ2v) is 4.81. The zero-order chi connectivity index (χ0) is 13.2. The Balaban J connectivity index is 1.91. The van der Waals surface area contributed by atoms with Crippen LogP contribution in [0.2, 0.25) is 0 Å². The monoisotopic (exact) mass is 260 g/mol. The molecule has 0 amide bonds. The van der Waals surface area contributed by atoms with Gasteiger partial charge in [-0.1, -0.05) is 12.1 Å². The molecule has 5 nitrogen and oxygen atoms in total. The van der Waals surface area contributed by atoms with Crippen LogP contribution in [0.4, 0.5) is 0 Å². The van der Waals surface area contributed by atoms with E-state index < -0.39 is 0 Å². The van der Waals surface area contributed by atoms with Gasteiger partial charge in [-0.15, -0.1) is 0 Å². The SMILES string of the molecule is C[C@@H]1C(=NO)C[C@H](c2ccco2)N[C@@H]1c1ccco1. The van der Waals surface area contributed by atoms with Crippen LogP contribution < -0.4 is 5.32 Å². The zero-order valence-corrected chi connectivity index (χ0v) is 10.6. The van der Waals surface area contributed by atoms with E-state index in [9.17, 15) is 5.21 Å². The molecule has 3 atom stereocenters. The van der Waals surface area contributed by atoms with E-state index in [0.29, 0.717) is 6.42 Å². The minimum Gasteiger partial charge on any atom is -0.468 e. The van der Waals surface area contributed by atoms with Gasteiger partial charge in [0.25, 0.3) is 0 Å². The molecule has 3 heterocycles. The van der Waals surface area contributed by atoms with Crippen molar-refractivity contribution in [1.82, 2.24) is 5.32 Å². The Hall–Kier alpha value is -2.01. The van der Waals surface area contributed by atoms with Crippen molar-refractivity contribution in [1.29, 1.82) is 0 Å². The fourth-order valence-corrected chi connectivity index (χ4v) is 2.61. The highest BCUT2D eigenvalue weighted by Gasteiger charge is 2.36. The number of hydrogen-bond acceptors (Lipinski definition) is 5. The Morgan fingerprint density at radius 1 is 1.21 bits per heavy atom. The number of oxime groups is 1. The Morgan fingerprint density at radius 3 is 2.47 bits per heavy atom. The van der Waals surface area contributed by atoms with Crippen molar-refractivity contribution in [2.24, 2.45) is 11.1 Å². The molecule has 2 N–H and O–H groups in total. The predicted octanol–water partition coefficient (Wildman–Crippen LogP) is 3.11. The van der Waals surface area contributed by atoms with Gasteiger partial charge in [-0.05, 0) is 24.3 Å². The summed E-state index contributed by atoms with van der Waals surface area (Å²) in [6, 6.07) is 7.52. The van der Waals surface area contributed by atoms with Gasteiger partial charge in [-0.2, -0.15) is 0 Å². The summed E-state index contributed by atoms with van der Waals surface area (Å²) in [5.74, 6) is 1.75. The molecule has 0 saturated carbocycles. The minimum atomic E-state index is -0.0234. The van der Waals surface area contributed by atoms with Crippen molar-refractivity contribution in [3.05, 3.63) is 48.3 Å². The van der Waals surface area contributed by atoms with Crippen LogP contribution in [0, 0.1) is 5.92 Å². The first-order valence-electron chi connectivity index (χ1n) is 6.33. The first-order valence-corrected chi connectivity index (χ1v) is 6.33. The van der Waals surface area contributed by atoms with Crippen LogP contribution in [-0.2, 0) is 0 Å². The molecule has 0 aliphatic carbocycles. The lowest BCUT2D eigenvalue weighted by molar-refractivity contribution is 0.267. The molecule has 0 bridgehead atoms. The van der Waals surface area contributed by atoms with E-state index in [1.165, 1.54) is 0 Å². The molecular formula is C14H16N2O3. The standard InChI is InChI=1S/C14H16N2O3/c1-9-10(16-17)8-11(12-4-2-6-18-12)15-14(9)13-5-3-7-19-13/h2-7,9,11,14-15,17H,8H2,1H3/t9-,11-,14+/m1/s1. The number of hydrogen-bond donors (Lipinski definition) is 2. The van der Waals surface area contributed by atoms with Gasteiger partial charge in [0.15, 0.2) is 0 Å². The van der Waals surface area contributed by atoms with Crippen LogP contribution >= 0.6 is 0 Å². The molecule has 100 valence electrons. The lowest BCUT2D eigenvalue weighted by atomic mass is 9.85. The molecule has 0 spiro atoms. The van der Waals surface area contributed by atoms with Gasteiger partial charge in [-0.25, -0.2) is 0 Å². The van der Waals surface area contributed by atoms with Gasteiger partial charge in [0, 0.05) is 12.3 Å². The highest BCUT2D eigenvalue weighted by atomic mass is 16.4. The topological polar surface area (TPSA) is 70.9 Å². The van der Waals surface area contributed by atoms with E-state index in [2.05, 4.69) is 10.5 Å². The molecule has 1 aliphatic rings. The third-order valence-corrected chi connectivity index (χ3v) is 3.68. The van der Waals surface area contributed by atoms with Crippen molar-refractivity contribution < 1.29 is 14.0 Å². The Bertz CT molecular complexity index is 545. The normalized spacial score (nSPS) is 29.7. The minimum absolute atomic E-state index is 0.00722. The largest absolute Gasteiger partial charge is 0.468 e. The molecule has 0 unspecified atom stereocenters. The summed E-state index contributed by atoms with van der Waals surface area (Å²) in [6.07, 6.45) is 3.92. The summed E-state index contributed by atoms with van der Waals surface area (Å²) in [5.41, 5.74) is 0.751. The number of rotatable bonds is 2. The van der Waals surface area contributed by atoms with E-state index in [-0.39, 0.29) is 18.0 Å². The van der Waals surface area contributed by atoms with Gasteiger partial charge >= 0.3 is 0 Å². The molecule has 1 saturated heterocycles. The van der Waals surface area contributed by atoms with Crippen LogP contribution in [-0.4, -0.2) is 10.9 Å². The Labute approximate surface area is 110 Å². The third kappa shape index (κ3) is 2.17. The fourth-order valence-electron chi connectivity index (χ4n) is 2.61. The lowest BCUT2D eigenvalue weighted by Gasteiger charge is -2.34. The van der Waals surface area contributed by atoms with Gasteiger partial charge in [0.2, 0.25) is 0 Å². The van der Waals surface area contributed by atoms with Crippen molar-refractivity contribution in [3.63, 3.8) is 0 Å². The maximum Gasteiger partial charge on any atom is 0.121 e. The zero-order valence-electron chi connectivity index (χ0n) is 10.6. The first kappa shape index (κ1) is 12.0. The highest BCUT2D eigenvalue weighted by molar-refractivity contribution is 5.88. The summed E-state index contributed by atoms with van der Waals surface area (Å²) in [7, 11) is 0. The van der Waals surface area contributed by atoms with Crippen molar-refractivity contribution in [2.75, 3.05) is 0 Å². The molecule has 2 aromatic heterocycles. The predicted molar refractivity (Wildman–Crippen MR) is 69.0 cm³/mol. The van der Waals surface area contributed by atoms with Crippen LogP contribution in [0.15, 0.2) is 50.8 Å². The summed E-state index contributed by atoms with van der Waals surface area (Å²) >= 11 is 0. The molecule has 3 rings (SSSR count). The van der Waals surface area contributed by atoms with Crippen LogP contribution in [0.5, 0.6) is 0 Å². The quantitative estimate of drug-likeness (QED) is 0.643. The third-order valence-electron chi connectivity index (χ3n) is 3.68. The highest BCUT2D eigenvalue weighted by Crippen LogP contribution is 2.35. The Kier molecular flexibility index (Phi) is 3.13. The van der Waals surface area contributed by atoms with Crippen LogP contribution in [0.3, 0.4) is 0 Å². The fraction of sp³-hybridized carbons (Fsp3) is 0.357. The van der Waals surface area contributed by atoms with Crippen molar-refractivity contribution >= 4 is 5.71 Å². The number of furan rings is 2. The molecule has 1 fully saturated rings. The Morgan fingerprint density at radius 2 is 1.89 bits per heavy atom. The van der Waals surface area contributed by atoms with E-state index in [4.69, 9.17) is 8.83 Å². The van der Waals surface area contributed by atoms with Gasteiger partial charge in [-0.3, -0.25) is 5.32 Å². The summed E-state index contributed by atoms with van der Waals surface area (Å²) in [6.45, 7) is 2.02. The maximum absolute atomic E-state index is 9.19. The average molecular weight is 260 g/mol. The average Bonchev–Trinajstić information content (AvgIpc) is 3.12. The smallest absolute Gasteiger partial charge is 0.121 e. The van der Waals surface area contributed by atoms with E-state index in [1.807, 2.05) is 31.2 Å². The van der Waals surface area contributed by atoms with Crippen LogP contribution in [0.1, 0.15) is 36.9 Å². The molecule has 1 aliphatic heterocycles. The lowest BCUT2D eigenvalue weighted by Crippen LogP contribution is -2.41. The number of piperidine rings is 1. The number of nitrogens with one attached hydrogen (secondary N) is 1. The molecular weight excluding hydrogens is 244 g/mol. The van der Waals surface area contributed by atoms with E-state index in [1.54, 1.807) is 12.5 Å². The second kappa shape index (κ2) is 4.93. The molecule has 5 heteroatoms. The molecule has 2 aromatic rings.